The van der Waals surface area contributed by atoms with Gasteiger partial charge in [0.2, 0.25) is 0 Å². The summed E-state index contributed by atoms with van der Waals surface area (Å²) in [6.07, 6.45) is 0. The minimum absolute atomic E-state index is 0.0291. The minimum atomic E-state index is -0.0291. The Morgan fingerprint density at radius 1 is 1.20 bits per heavy atom. The largest absolute Gasteiger partial charge is 0.398 e. The van der Waals surface area contributed by atoms with Crippen molar-refractivity contribution >= 4 is 23.2 Å². The molecule has 1 saturated heterocycles. The van der Waals surface area contributed by atoms with E-state index < -0.39 is 0 Å². The number of piperazine rings is 1. The molecule has 0 spiro atoms. The third-order valence-electron chi connectivity index (χ3n) is 3.76. The van der Waals surface area contributed by atoms with Gasteiger partial charge in [0.05, 0.1) is 5.56 Å². The summed E-state index contributed by atoms with van der Waals surface area (Å²) < 4.78 is 0. The van der Waals surface area contributed by atoms with Crippen LogP contribution >= 0.6 is 11.6 Å². The van der Waals surface area contributed by atoms with Gasteiger partial charge in [-0.05, 0) is 39.0 Å². The lowest BCUT2D eigenvalue weighted by molar-refractivity contribution is 0.0452. The van der Waals surface area contributed by atoms with Crippen LogP contribution in [0.25, 0.3) is 0 Å². The molecule has 110 valence electrons. The van der Waals surface area contributed by atoms with Crippen LogP contribution in [0.1, 0.15) is 31.1 Å². The summed E-state index contributed by atoms with van der Waals surface area (Å²) in [5, 5.41) is 0.538. The van der Waals surface area contributed by atoms with Crippen molar-refractivity contribution in [2.24, 2.45) is 0 Å². The van der Waals surface area contributed by atoms with Gasteiger partial charge in [0, 0.05) is 42.4 Å². The van der Waals surface area contributed by atoms with E-state index in [2.05, 4.69) is 25.7 Å². The molecule has 0 bridgehead atoms. The summed E-state index contributed by atoms with van der Waals surface area (Å²) in [6.45, 7) is 9.80. The number of nitrogens with two attached hydrogens (primary N) is 1. The van der Waals surface area contributed by atoms with Gasteiger partial charge < -0.3 is 10.6 Å². The molecule has 2 rings (SSSR count). The molecule has 0 saturated carbocycles. The van der Waals surface area contributed by atoms with Gasteiger partial charge in [-0.1, -0.05) is 11.6 Å². The van der Waals surface area contributed by atoms with E-state index in [0.29, 0.717) is 16.3 Å². The van der Waals surface area contributed by atoms with Crippen molar-refractivity contribution in [1.82, 2.24) is 9.80 Å². The van der Waals surface area contributed by atoms with Gasteiger partial charge >= 0.3 is 0 Å². The van der Waals surface area contributed by atoms with Crippen LogP contribution in [0.3, 0.4) is 0 Å². The van der Waals surface area contributed by atoms with Crippen LogP contribution in [-0.4, -0.2) is 47.4 Å². The Balaban J connectivity index is 2.07. The average molecular weight is 296 g/mol. The van der Waals surface area contributed by atoms with E-state index in [-0.39, 0.29) is 11.4 Å². The maximum atomic E-state index is 12.5. The molecule has 1 aromatic carbocycles. The van der Waals surface area contributed by atoms with Crippen LogP contribution in [0.2, 0.25) is 5.02 Å². The molecule has 1 aliphatic rings. The summed E-state index contributed by atoms with van der Waals surface area (Å²) >= 11 is 5.95. The first-order valence-electron chi connectivity index (χ1n) is 6.88. The molecular weight excluding hydrogens is 274 g/mol. The third kappa shape index (κ3) is 3.25. The number of amides is 1. The van der Waals surface area contributed by atoms with Crippen LogP contribution in [-0.2, 0) is 0 Å². The number of benzene rings is 1. The lowest BCUT2D eigenvalue weighted by Crippen LogP contribution is -2.54. The smallest absolute Gasteiger partial charge is 0.256 e. The van der Waals surface area contributed by atoms with Crippen LogP contribution < -0.4 is 5.73 Å². The zero-order chi connectivity index (χ0) is 14.9. The number of nitrogens with zero attached hydrogens (tertiary/aromatic N) is 2. The number of rotatable bonds is 1. The summed E-state index contributed by atoms with van der Waals surface area (Å²) in [4.78, 5) is 16.7. The van der Waals surface area contributed by atoms with Crippen LogP contribution in [0.4, 0.5) is 5.69 Å². The fourth-order valence-corrected chi connectivity index (χ4v) is 2.64. The zero-order valence-electron chi connectivity index (χ0n) is 12.3. The van der Waals surface area contributed by atoms with E-state index in [1.165, 1.54) is 0 Å². The highest BCUT2D eigenvalue weighted by Gasteiger charge is 2.28. The molecule has 20 heavy (non-hydrogen) atoms. The van der Waals surface area contributed by atoms with E-state index in [1.807, 2.05) is 4.90 Å². The highest BCUT2D eigenvalue weighted by molar-refractivity contribution is 6.31. The predicted molar refractivity (Wildman–Crippen MR) is 83.1 cm³/mol. The first-order chi connectivity index (χ1) is 9.29. The van der Waals surface area contributed by atoms with Gasteiger partial charge in [0.25, 0.3) is 5.91 Å². The third-order valence-corrected chi connectivity index (χ3v) is 4.00. The van der Waals surface area contributed by atoms with Gasteiger partial charge in [0.15, 0.2) is 0 Å². The van der Waals surface area contributed by atoms with Crippen LogP contribution in [0.15, 0.2) is 18.2 Å². The Hall–Kier alpha value is -1.26. The van der Waals surface area contributed by atoms with Gasteiger partial charge in [-0.2, -0.15) is 0 Å². The highest BCUT2D eigenvalue weighted by atomic mass is 35.5. The lowest BCUT2D eigenvalue weighted by Gasteiger charge is -2.42. The van der Waals surface area contributed by atoms with Crippen molar-refractivity contribution in [2.75, 3.05) is 31.9 Å². The fourth-order valence-electron chi connectivity index (χ4n) is 2.46. The fraction of sp³-hybridized carbons (Fsp3) is 0.533. The molecule has 0 aliphatic carbocycles. The lowest BCUT2D eigenvalue weighted by atomic mass is 10.0. The van der Waals surface area contributed by atoms with Gasteiger partial charge in [-0.25, -0.2) is 0 Å². The molecular formula is C15H22ClN3O. The molecule has 0 unspecified atom stereocenters. The maximum absolute atomic E-state index is 12.5. The second-order valence-corrected chi connectivity index (χ2v) is 6.62. The second-order valence-electron chi connectivity index (χ2n) is 6.18. The molecule has 1 aliphatic heterocycles. The number of nitrogen functional groups attached to an aromatic ring is 1. The van der Waals surface area contributed by atoms with Crippen molar-refractivity contribution in [2.45, 2.75) is 26.3 Å². The van der Waals surface area contributed by atoms with Crippen molar-refractivity contribution in [1.29, 1.82) is 0 Å². The molecule has 0 atom stereocenters. The minimum Gasteiger partial charge on any atom is -0.398 e. The average Bonchev–Trinajstić information content (AvgIpc) is 2.40. The summed E-state index contributed by atoms with van der Waals surface area (Å²) in [7, 11) is 0. The van der Waals surface area contributed by atoms with Crippen LogP contribution in [0, 0.1) is 0 Å². The molecule has 2 N–H and O–H groups in total. The van der Waals surface area contributed by atoms with E-state index >= 15 is 0 Å². The normalized spacial score (nSPS) is 17.3. The molecule has 1 aromatic rings. The van der Waals surface area contributed by atoms with E-state index in [0.717, 1.165) is 26.2 Å². The van der Waals surface area contributed by atoms with E-state index in [9.17, 15) is 4.79 Å². The van der Waals surface area contributed by atoms with Crippen molar-refractivity contribution in [3.8, 4) is 0 Å². The number of carbonyl (C=O) groups is 1. The second kappa shape index (κ2) is 5.62. The summed E-state index contributed by atoms with van der Waals surface area (Å²) in [5.41, 5.74) is 7.01. The Morgan fingerprint density at radius 3 is 2.35 bits per heavy atom. The Kier molecular flexibility index (Phi) is 4.25. The van der Waals surface area contributed by atoms with Crippen LogP contribution in [0.5, 0.6) is 0 Å². The molecule has 4 nitrogen and oxygen atoms in total. The maximum Gasteiger partial charge on any atom is 0.256 e. The Bertz CT molecular complexity index is 502. The number of anilines is 1. The van der Waals surface area contributed by atoms with Crippen molar-refractivity contribution < 1.29 is 4.79 Å². The number of hydrogen-bond donors (Lipinski definition) is 1. The van der Waals surface area contributed by atoms with E-state index in [4.69, 9.17) is 17.3 Å². The van der Waals surface area contributed by atoms with Gasteiger partial charge in [-0.15, -0.1) is 0 Å². The van der Waals surface area contributed by atoms with Gasteiger partial charge in [0.1, 0.15) is 0 Å². The monoisotopic (exact) mass is 295 g/mol. The van der Waals surface area contributed by atoms with Gasteiger partial charge in [-0.3, -0.25) is 9.69 Å². The molecule has 0 radical (unpaired) electrons. The topological polar surface area (TPSA) is 49.6 Å². The Labute approximate surface area is 125 Å². The zero-order valence-corrected chi connectivity index (χ0v) is 13.1. The number of halogens is 1. The summed E-state index contributed by atoms with van der Waals surface area (Å²) in [5.74, 6) is -0.0291. The van der Waals surface area contributed by atoms with Crippen molar-refractivity contribution in [3.63, 3.8) is 0 Å². The predicted octanol–water partition coefficient (Wildman–Crippen LogP) is 2.48. The Morgan fingerprint density at radius 2 is 1.80 bits per heavy atom. The molecule has 0 aromatic heterocycles. The quantitative estimate of drug-likeness (QED) is 0.810. The van der Waals surface area contributed by atoms with E-state index in [1.54, 1.807) is 18.2 Å². The number of carbonyl (C=O) groups excluding carboxylic acids is 1. The molecule has 1 amide bonds. The first kappa shape index (κ1) is 15.1. The molecule has 1 heterocycles. The standard InChI is InChI=1S/C15H22ClN3O/c1-15(2,3)19-8-6-18(7-9-19)14(20)12-10-11(16)4-5-13(12)17/h4-5,10H,6-9,17H2,1-3H3. The summed E-state index contributed by atoms with van der Waals surface area (Å²) in [6, 6.07) is 5.03. The highest BCUT2D eigenvalue weighted by Crippen LogP contribution is 2.22. The SMILES string of the molecule is CC(C)(C)N1CCN(C(=O)c2cc(Cl)ccc2N)CC1. The molecule has 5 heteroatoms. The first-order valence-corrected chi connectivity index (χ1v) is 7.26. The van der Waals surface area contributed by atoms with Crippen molar-refractivity contribution in [3.05, 3.63) is 28.8 Å². The molecule has 1 fully saturated rings. The number of hydrogen-bond acceptors (Lipinski definition) is 3.